The predicted molar refractivity (Wildman–Crippen MR) is 131 cm³/mol. The summed E-state index contributed by atoms with van der Waals surface area (Å²) < 4.78 is 53.7. The maximum Gasteiger partial charge on any atom is 0.340 e. The van der Waals surface area contributed by atoms with Gasteiger partial charge in [-0.15, -0.1) is 0 Å². The van der Waals surface area contributed by atoms with Gasteiger partial charge in [-0.25, -0.2) is 21.6 Å². The maximum absolute atomic E-state index is 14.5. The molecule has 0 N–H and O–H groups in total. The molecule has 0 atom stereocenters. The van der Waals surface area contributed by atoms with E-state index in [0.29, 0.717) is 18.7 Å². The van der Waals surface area contributed by atoms with Crippen molar-refractivity contribution in [2.45, 2.75) is 18.4 Å². The second kappa shape index (κ2) is 8.72. The molecule has 0 radical (unpaired) electrons. The lowest BCUT2D eigenvalue weighted by Crippen LogP contribution is -2.27. The quantitative estimate of drug-likeness (QED) is 0.366. The topological polar surface area (TPSA) is 94.9 Å². The molecule has 0 spiro atoms. The number of nitrogens with zero attached hydrogens (tertiary/aromatic N) is 2. The van der Waals surface area contributed by atoms with Crippen molar-refractivity contribution in [1.29, 1.82) is 0 Å². The van der Waals surface area contributed by atoms with Crippen LogP contribution >= 0.6 is 0 Å². The highest BCUT2D eigenvalue weighted by molar-refractivity contribution is 7.90. The van der Waals surface area contributed by atoms with E-state index in [-0.39, 0.29) is 50.3 Å². The Morgan fingerprint density at radius 1 is 1.11 bits per heavy atom. The molecule has 1 aromatic heterocycles. The second-order valence-corrected chi connectivity index (χ2v) is 10.4. The lowest BCUT2D eigenvalue weighted by Gasteiger charge is -2.14. The van der Waals surface area contributed by atoms with Gasteiger partial charge in [0, 0.05) is 31.0 Å². The van der Waals surface area contributed by atoms with E-state index >= 15 is 0 Å². The lowest BCUT2D eigenvalue weighted by molar-refractivity contribution is 0.0602. The van der Waals surface area contributed by atoms with Crippen LogP contribution in [0.5, 0.6) is 0 Å². The molecular weight excluding hydrogens is 487 g/mol. The van der Waals surface area contributed by atoms with Gasteiger partial charge in [-0.05, 0) is 54.4 Å². The van der Waals surface area contributed by atoms with Crippen molar-refractivity contribution in [1.82, 2.24) is 8.87 Å². The summed E-state index contributed by atoms with van der Waals surface area (Å²) >= 11 is 0. The minimum Gasteiger partial charge on any atom is -0.465 e. The summed E-state index contributed by atoms with van der Waals surface area (Å²) in [6.07, 6.45) is 0. The Morgan fingerprint density at radius 2 is 1.89 bits per heavy atom. The van der Waals surface area contributed by atoms with Crippen LogP contribution in [0.2, 0.25) is 0 Å². The Kier molecular flexibility index (Phi) is 5.80. The van der Waals surface area contributed by atoms with Crippen LogP contribution in [-0.2, 0) is 26.0 Å². The first kappa shape index (κ1) is 24.0. The largest absolute Gasteiger partial charge is 0.465 e. The fourth-order valence-electron chi connectivity index (χ4n) is 4.79. The molecular formula is C26H23FN2O6S. The van der Waals surface area contributed by atoms with Gasteiger partial charge in [0.05, 0.1) is 40.8 Å². The molecule has 186 valence electrons. The molecule has 0 fully saturated rings. The summed E-state index contributed by atoms with van der Waals surface area (Å²) in [4.78, 5) is 28.0. The standard InChI is InChI=1S/C26H23FN2O6S/c1-15-5-4-6-18(11-15)36(32,33)29-21-8-7-17(27)13-19(21)23-22-16(12-20(24(23)29)26(31)35-3)14-28(25(22)30)9-10-34-2/h4-8,11-13H,9-10,14H2,1-3H3. The molecule has 8 nitrogen and oxygen atoms in total. The molecule has 0 saturated heterocycles. The van der Waals surface area contributed by atoms with Crippen LogP contribution in [-0.4, -0.2) is 56.5 Å². The molecule has 10 heteroatoms. The van der Waals surface area contributed by atoms with Crippen LogP contribution in [0.1, 0.15) is 31.8 Å². The van der Waals surface area contributed by atoms with Gasteiger partial charge in [0.15, 0.2) is 0 Å². The number of rotatable bonds is 6. The molecule has 2 heterocycles. The highest BCUT2D eigenvalue weighted by Gasteiger charge is 2.36. The summed E-state index contributed by atoms with van der Waals surface area (Å²) in [6, 6.07) is 11.5. The zero-order valence-corrected chi connectivity index (χ0v) is 20.7. The number of carbonyl (C=O) groups is 2. The number of carbonyl (C=O) groups excluding carboxylic acids is 2. The fraction of sp³-hybridized carbons (Fsp3) is 0.231. The number of fused-ring (bicyclic) bond motifs is 5. The average Bonchev–Trinajstić information content (AvgIpc) is 3.36. The maximum atomic E-state index is 14.5. The number of hydrogen-bond acceptors (Lipinski definition) is 6. The summed E-state index contributed by atoms with van der Waals surface area (Å²) in [5.41, 5.74) is 1.59. The third-order valence-electron chi connectivity index (χ3n) is 6.39. The molecule has 0 unspecified atom stereocenters. The molecule has 0 aliphatic carbocycles. The summed E-state index contributed by atoms with van der Waals surface area (Å²) in [7, 11) is -1.55. The van der Waals surface area contributed by atoms with Gasteiger partial charge in [-0.2, -0.15) is 0 Å². The number of aromatic nitrogens is 1. The smallest absolute Gasteiger partial charge is 0.340 e. The molecule has 0 saturated carbocycles. The first-order valence-corrected chi connectivity index (χ1v) is 12.6. The molecule has 1 aliphatic rings. The third kappa shape index (κ3) is 3.56. The highest BCUT2D eigenvalue weighted by Crippen LogP contribution is 2.41. The van der Waals surface area contributed by atoms with Crippen LogP contribution in [0.15, 0.2) is 53.4 Å². The van der Waals surface area contributed by atoms with E-state index in [1.165, 1.54) is 44.6 Å². The van der Waals surface area contributed by atoms with Gasteiger partial charge in [0.1, 0.15) is 5.82 Å². The van der Waals surface area contributed by atoms with Crippen LogP contribution in [0.4, 0.5) is 4.39 Å². The number of benzene rings is 3. The number of aryl methyl sites for hydroxylation is 1. The van der Waals surface area contributed by atoms with Gasteiger partial charge in [-0.3, -0.25) is 4.79 Å². The minimum atomic E-state index is -4.27. The average molecular weight is 511 g/mol. The molecule has 36 heavy (non-hydrogen) atoms. The summed E-state index contributed by atoms with van der Waals surface area (Å²) in [5.74, 6) is -1.72. The van der Waals surface area contributed by atoms with Crippen LogP contribution < -0.4 is 0 Å². The summed E-state index contributed by atoms with van der Waals surface area (Å²) in [6.45, 7) is 2.56. The monoisotopic (exact) mass is 510 g/mol. The number of hydrogen-bond donors (Lipinski definition) is 0. The first-order valence-electron chi connectivity index (χ1n) is 11.2. The molecule has 4 aromatic rings. The molecule has 0 bridgehead atoms. The molecule has 1 amide bonds. The molecule has 3 aromatic carbocycles. The summed E-state index contributed by atoms with van der Waals surface area (Å²) in [5, 5.41) is 0.411. The van der Waals surface area contributed by atoms with E-state index in [1.807, 2.05) is 0 Å². The first-order chi connectivity index (χ1) is 17.2. The van der Waals surface area contributed by atoms with E-state index < -0.39 is 21.8 Å². The minimum absolute atomic E-state index is 0.00464. The normalized spacial score (nSPS) is 13.6. The van der Waals surface area contributed by atoms with Gasteiger partial charge < -0.3 is 14.4 Å². The van der Waals surface area contributed by atoms with Crippen molar-refractivity contribution in [3.05, 3.63) is 76.6 Å². The van der Waals surface area contributed by atoms with E-state index in [1.54, 1.807) is 24.0 Å². The van der Waals surface area contributed by atoms with E-state index in [9.17, 15) is 22.4 Å². The number of halogens is 1. The van der Waals surface area contributed by atoms with Gasteiger partial charge in [0.2, 0.25) is 0 Å². The van der Waals surface area contributed by atoms with Crippen molar-refractivity contribution >= 4 is 43.7 Å². The second-order valence-electron chi connectivity index (χ2n) is 8.64. The van der Waals surface area contributed by atoms with Crippen molar-refractivity contribution in [3.8, 4) is 0 Å². The SMILES string of the molecule is COCCN1Cc2cc(C(=O)OC)c3c(c2C1=O)c1cc(F)ccc1n3S(=O)(=O)c1cccc(C)c1. The van der Waals surface area contributed by atoms with Gasteiger partial charge >= 0.3 is 5.97 Å². The molecule has 5 rings (SSSR count). The van der Waals surface area contributed by atoms with Crippen LogP contribution in [0.25, 0.3) is 21.8 Å². The number of ether oxygens (including phenoxy) is 2. The Morgan fingerprint density at radius 3 is 2.58 bits per heavy atom. The predicted octanol–water partition coefficient (Wildman–Crippen LogP) is 3.87. The van der Waals surface area contributed by atoms with Crippen LogP contribution in [0, 0.1) is 12.7 Å². The number of methoxy groups -OCH3 is 2. The zero-order valence-electron chi connectivity index (χ0n) is 19.9. The van der Waals surface area contributed by atoms with Crippen molar-refractivity contribution in [3.63, 3.8) is 0 Å². The van der Waals surface area contributed by atoms with Gasteiger partial charge in [-0.1, -0.05) is 12.1 Å². The Balaban J connectivity index is 1.95. The molecule has 1 aliphatic heterocycles. The van der Waals surface area contributed by atoms with Crippen molar-refractivity contribution in [2.75, 3.05) is 27.4 Å². The third-order valence-corrected chi connectivity index (χ3v) is 8.10. The van der Waals surface area contributed by atoms with Crippen molar-refractivity contribution in [2.24, 2.45) is 0 Å². The van der Waals surface area contributed by atoms with E-state index in [4.69, 9.17) is 9.47 Å². The zero-order chi connectivity index (χ0) is 25.8. The van der Waals surface area contributed by atoms with E-state index in [2.05, 4.69) is 0 Å². The fourth-order valence-corrected chi connectivity index (χ4v) is 6.43. The van der Waals surface area contributed by atoms with Crippen LogP contribution in [0.3, 0.4) is 0 Å². The Hall–Kier alpha value is -3.76. The number of esters is 1. The lowest BCUT2D eigenvalue weighted by atomic mass is 9.98. The van der Waals surface area contributed by atoms with E-state index in [0.717, 1.165) is 15.6 Å². The Bertz CT molecular complexity index is 1680. The highest BCUT2D eigenvalue weighted by atomic mass is 32.2. The van der Waals surface area contributed by atoms with Crippen molar-refractivity contribution < 1.29 is 31.9 Å². The number of amides is 1. The van der Waals surface area contributed by atoms with Gasteiger partial charge in [0.25, 0.3) is 15.9 Å². The Labute approximate surface area is 206 Å².